The van der Waals surface area contributed by atoms with Gasteiger partial charge in [0.15, 0.2) is 0 Å². The van der Waals surface area contributed by atoms with E-state index in [-0.39, 0.29) is 23.8 Å². The van der Waals surface area contributed by atoms with Crippen LogP contribution in [0, 0.1) is 11.8 Å². The zero-order valence-electron chi connectivity index (χ0n) is 17.5. The summed E-state index contributed by atoms with van der Waals surface area (Å²) in [5.41, 5.74) is 1.92. The van der Waals surface area contributed by atoms with Crippen molar-refractivity contribution in [2.45, 2.75) is 57.8 Å². The minimum Gasteiger partial charge on any atom is -0.459 e. The van der Waals surface area contributed by atoms with Crippen molar-refractivity contribution >= 4 is 17.9 Å². The summed E-state index contributed by atoms with van der Waals surface area (Å²) in [5, 5.41) is 0. The smallest absolute Gasteiger partial charge is 0.338 e. The summed E-state index contributed by atoms with van der Waals surface area (Å²) < 4.78 is 17.3. The molecular weight excluding hydrogens is 384 g/mol. The first-order valence-electron chi connectivity index (χ1n) is 10.3. The SMILES string of the molecule is C=C1C(=O)O[C@@H]2C3=C(C)[C@@H](OC(=O)c4ccccc4)CC3[C@](C)(OC(C)=O)CC[C@@H]12. The third kappa shape index (κ3) is 3.34. The molecule has 0 bridgehead atoms. The highest BCUT2D eigenvalue weighted by Gasteiger charge is 2.56. The lowest BCUT2D eigenvalue weighted by atomic mass is 9.81. The van der Waals surface area contributed by atoms with Crippen LogP contribution in [-0.2, 0) is 23.8 Å². The van der Waals surface area contributed by atoms with Crippen LogP contribution in [0.15, 0.2) is 53.6 Å². The molecule has 1 unspecified atom stereocenters. The van der Waals surface area contributed by atoms with Crippen LogP contribution >= 0.6 is 0 Å². The van der Waals surface area contributed by atoms with Crippen LogP contribution in [0.3, 0.4) is 0 Å². The number of hydrogen-bond acceptors (Lipinski definition) is 6. The first-order chi connectivity index (χ1) is 14.2. The number of carbonyl (C=O) groups is 3. The highest BCUT2D eigenvalue weighted by atomic mass is 16.6. The van der Waals surface area contributed by atoms with Crippen molar-refractivity contribution < 1.29 is 28.6 Å². The Bertz CT molecular complexity index is 946. The molecule has 5 atom stereocenters. The van der Waals surface area contributed by atoms with E-state index in [4.69, 9.17) is 14.2 Å². The molecule has 0 aromatic heterocycles. The summed E-state index contributed by atoms with van der Waals surface area (Å²) in [6.07, 6.45) is 0.772. The Morgan fingerprint density at radius 2 is 1.93 bits per heavy atom. The molecule has 2 fully saturated rings. The second-order valence-electron chi connectivity index (χ2n) is 8.59. The fourth-order valence-corrected chi connectivity index (χ4v) is 5.17. The number of fused-ring (bicyclic) bond motifs is 3. The monoisotopic (exact) mass is 410 g/mol. The molecule has 1 heterocycles. The maximum atomic E-state index is 12.7. The van der Waals surface area contributed by atoms with Crippen LogP contribution in [-0.4, -0.2) is 35.7 Å². The van der Waals surface area contributed by atoms with Crippen LogP contribution in [0.25, 0.3) is 0 Å². The van der Waals surface area contributed by atoms with Gasteiger partial charge < -0.3 is 14.2 Å². The lowest BCUT2D eigenvalue weighted by Crippen LogP contribution is -2.40. The Morgan fingerprint density at radius 1 is 1.23 bits per heavy atom. The summed E-state index contributed by atoms with van der Waals surface area (Å²) in [4.78, 5) is 36.8. The van der Waals surface area contributed by atoms with Crippen LogP contribution in [0.1, 0.15) is 50.4 Å². The third-order valence-corrected chi connectivity index (χ3v) is 6.70. The van der Waals surface area contributed by atoms with Gasteiger partial charge in [-0.05, 0) is 56.4 Å². The molecule has 1 saturated carbocycles. The molecule has 6 heteroatoms. The predicted molar refractivity (Wildman–Crippen MR) is 108 cm³/mol. The number of benzene rings is 1. The Kier molecular flexibility index (Phi) is 5.04. The predicted octanol–water partition coefficient (Wildman–Crippen LogP) is 3.76. The van der Waals surface area contributed by atoms with Crippen molar-refractivity contribution in [2.24, 2.45) is 11.8 Å². The standard InChI is InChI=1S/C24H26O6/c1-13-17-10-11-24(4,30-15(3)25)18-12-19(14(2)20(18)21(17)29-22(13)26)28-23(27)16-8-6-5-7-9-16/h5-9,17-19,21H,1,10-12H2,2-4H3/t17-,18?,19-,21-,24+/m0/s1. The highest BCUT2D eigenvalue weighted by Crippen LogP contribution is 2.53. The number of hydrogen-bond donors (Lipinski definition) is 0. The molecule has 0 N–H and O–H groups in total. The largest absolute Gasteiger partial charge is 0.459 e. The molecule has 30 heavy (non-hydrogen) atoms. The number of ether oxygens (including phenoxy) is 3. The molecule has 0 radical (unpaired) electrons. The second-order valence-corrected chi connectivity index (χ2v) is 8.59. The minimum atomic E-state index is -0.770. The van der Waals surface area contributed by atoms with E-state index in [0.29, 0.717) is 30.4 Å². The Morgan fingerprint density at radius 3 is 2.60 bits per heavy atom. The van der Waals surface area contributed by atoms with E-state index in [1.165, 1.54) is 6.92 Å². The van der Waals surface area contributed by atoms with E-state index in [2.05, 4.69) is 6.58 Å². The van der Waals surface area contributed by atoms with Crippen LogP contribution in [0.4, 0.5) is 0 Å². The molecule has 158 valence electrons. The normalized spacial score (nSPS) is 32.8. The molecule has 1 saturated heterocycles. The molecular formula is C24H26O6. The fourth-order valence-electron chi connectivity index (χ4n) is 5.17. The van der Waals surface area contributed by atoms with E-state index < -0.39 is 23.8 Å². The maximum absolute atomic E-state index is 12.7. The molecule has 0 spiro atoms. The lowest BCUT2D eigenvalue weighted by Gasteiger charge is -2.35. The van der Waals surface area contributed by atoms with Crippen molar-refractivity contribution in [2.75, 3.05) is 0 Å². The third-order valence-electron chi connectivity index (χ3n) is 6.70. The van der Waals surface area contributed by atoms with Gasteiger partial charge >= 0.3 is 17.9 Å². The molecule has 1 aliphatic heterocycles. The quantitative estimate of drug-likeness (QED) is 0.327. The lowest BCUT2D eigenvalue weighted by molar-refractivity contribution is -0.161. The van der Waals surface area contributed by atoms with E-state index in [9.17, 15) is 14.4 Å². The average Bonchev–Trinajstić information content (AvgIpc) is 3.13. The number of esters is 3. The van der Waals surface area contributed by atoms with Gasteiger partial charge in [-0.3, -0.25) is 4.79 Å². The van der Waals surface area contributed by atoms with Crippen molar-refractivity contribution in [3.63, 3.8) is 0 Å². The van der Waals surface area contributed by atoms with Gasteiger partial charge in [0, 0.05) is 24.3 Å². The van der Waals surface area contributed by atoms with Gasteiger partial charge in [0.1, 0.15) is 17.8 Å². The van der Waals surface area contributed by atoms with Gasteiger partial charge in [-0.1, -0.05) is 24.8 Å². The summed E-state index contributed by atoms with van der Waals surface area (Å²) in [6, 6.07) is 8.82. The Hall–Kier alpha value is -2.89. The molecule has 6 nitrogen and oxygen atoms in total. The second kappa shape index (κ2) is 7.42. The minimum absolute atomic E-state index is 0.161. The molecule has 1 aromatic rings. The topological polar surface area (TPSA) is 78.9 Å². The zero-order chi connectivity index (χ0) is 21.6. The summed E-state index contributed by atoms with van der Waals surface area (Å²) in [5.74, 6) is -1.52. The summed E-state index contributed by atoms with van der Waals surface area (Å²) in [7, 11) is 0. The van der Waals surface area contributed by atoms with Crippen LogP contribution in [0.5, 0.6) is 0 Å². The number of carbonyl (C=O) groups excluding carboxylic acids is 3. The van der Waals surface area contributed by atoms with Gasteiger partial charge in [-0.15, -0.1) is 0 Å². The Labute approximate surface area is 175 Å². The fraction of sp³-hybridized carbons (Fsp3) is 0.458. The van der Waals surface area contributed by atoms with Gasteiger partial charge in [0.2, 0.25) is 0 Å². The summed E-state index contributed by atoms with van der Waals surface area (Å²) in [6.45, 7) is 9.15. The van der Waals surface area contributed by atoms with Crippen molar-refractivity contribution in [1.29, 1.82) is 0 Å². The van der Waals surface area contributed by atoms with E-state index in [1.54, 1.807) is 24.3 Å². The van der Waals surface area contributed by atoms with Gasteiger partial charge in [0.25, 0.3) is 0 Å². The molecule has 0 amide bonds. The van der Waals surface area contributed by atoms with E-state index >= 15 is 0 Å². The van der Waals surface area contributed by atoms with Crippen LogP contribution < -0.4 is 0 Å². The summed E-state index contributed by atoms with van der Waals surface area (Å²) >= 11 is 0. The molecule has 1 aromatic carbocycles. The van der Waals surface area contributed by atoms with Gasteiger partial charge in [0.05, 0.1) is 5.56 Å². The van der Waals surface area contributed by atoms with Crippen molar-refractivity contribution in [3.8, 4) is 0 Å². The first-order valence-corrected chi connectivity index (χ1v) is 10.3. The molecule has 3 aliphatic rings. The van der Waals surface area contributed by atoms with E-state index in [0.717, 1.165) is 11.1 Å². The zero-order valence-corrected chi connectivity index (χ0v) is 17.5. The first kappa shape index (κ1) is 20.4. The van der Waals surface area contributed by atoms with E-state index in [1.807, 2.05) is 19.9 Å². The average molecular weight is 410 g/mol. The molecule has 4 rings (SSSR count). The highest BCUT2D eigenvalue weighted by molar-refractivity contribution is 5.91. The van der Waals surface area contributed by atoms with Crippen molar-refractivity contribution in [3.05, 3.63) is 59.2 Å². The number of rotatable bonds is 3. The van der Waals surface area contributed by atoms with Gasteiger partial charge in [-0.2, -0.15) is 0 Å². The van der Waals surface area contributed by atoms with Gasteiger partial charge in [-0.25, -0.2) is 9.59 Å². The Balaban J connectivity index is 1.70. The van der Waals surface area contributed by atoms with Crippen LogP contribution in [0.2, 0.25) is 0 Å². The van der Waals surface area contributed by atoms with Crippen molar-refractivity contribution in [1.82, 2.24) is 0 Å². The maximum Gasteiger partial charge on any atom is 0.338 e. The molecule has 2 aliphatic carbocycles.